The number of hydrogen-bond acceptors (Lipinski definition) is 2. The minimum Gasteiger partial charge on any atom is -0.353 e. The predicted octanol–water partition coefficient (Wildman–Crippen LogP) is 3.33. The molecule has 0 aromatic heterocycles. The van der Waals surface area contributed by atoms with Gasteiger partial charge in [0.2, 0.25) is 5.91 Å². The van der Waals surface area contributed by atoms with Crippen molar-refractivity contribution in [3.8, 4) is 0 Å². The largest absolute Gasteiger partial charge is 0.353 e. The predicted molar refractivity (Wildman–Crippen MR) is 93.0 cm³/mol. The molecule has 1 heterocycles. The third-order valence-electron chi connectivity index (χ3n) is 4.14. The van der Waals surface area contributed by atoms with Gasteiger partial charge in [0, 0.05) is 35.6 Å². The maximum absolute atomic E-state index is 12.4. The Hall–Kier alpha value is -1.26. The molecule has 0 spiro atoms. The Kier molecular flexibility index (Phi) is 5.93. The Labute approximate surface area is 147 Å². The Morgan fingerprint density at radius 2 is 1.96 bits per heavy atom. The quantitative estimate of drug-likeness (QED) is 0.841. The number of hydrogen-bond donors (Lipinski definition) is 1. The average molecular weight is 357 g/mol. The molecule has 0 saturated carbocycles. The maximum atomic E-state index is 12.4. The smallest absolute Gasteiger partial charge is 0.253 e. The van der Waals surface area contributed by atoms with Crippen LogP contribution in [0.2, 0.25) is 5.02 Å². The Morgan fingerprint density at radius 3 is 2.52 bits per heavy atom. The first-order valence-electron chi connectivity index (χ1n) is 7.75. The van der Waals surface area contributed by atoms with Gasteiger partial charge in [-0.25, -0.2) is 0 Å². The summed E-state index contributed by atoms with van der Waals surface area (Å²) in [7, 11) is 0. The number of rotatable bonds is 4. The fraction of sp³-hybridized carbons (Fsp3) is 0.529. The van der Waals surface area contributed by atoms with Gasteiger partial charge in [-0.2, -0.15) is 0 Å². The maximum Gasteiger partial charge on any atom is 0.253 e. The summed E-state index contributed by atoms with van der Waals surface area (Å²) >= 11 is 11.8. The molecule has 0 radical (unpaired) electrons. The van der Waals surface area contributed by atoms with E-state index in [0.29, 0.717) is 23.7 Å². The minimum atomic E-state index is -0.574. The first-order chi connectivity index (χ1) is 10.8. The molecule has 6 heteroatoms. The molecule has 23 heavy (non-hydrogen) atoms. The second-order valence-corrected chi connectivity index (χ2v) is 7.27. The molecule has 4 nitrogen and oxygen atoms in total. The molecule has 1 aliphatic rings. The summed E-state index contributed by atoms with van der Waals surface area (Å²) in [5.74, 6) is 0.232. The van der Waals surface area contributed by atoms with E-state index in [2.05, 4.69) is 5.32 Å². The summed E-state index contributed by atoms with van der Waals surface area (Å²) in [6, 6.07) is 7.06. The van der Waals surface area contributed by atoms with Crippen LogP contribution in [-0.2, 0) is 4.79 Å². The van der Waals surface area contributed by atoms with E-state index < -0.39 is 5.41 Å². The third-order valence-corrected chi connectivity index (χ3v) is 5.04. The zero-order chi connectivity index (χ0) is 17.0. The summed E-state index contributed by atoms with van der Waals surface area (Å²) < 4.78 is 0. The normalized spacial score (nSPS) is 16.3. The second kappa shape index (κ2) is 7.54. The SMILES string of the molecule is CC(C)(CCl)C(=O)NC1CCN(C(=O)c2cccc(Cl)c2)CC1. The Morgan fingerprint density at radius 1 is 1.30 bits per heavy atom. The van der Waals surface area contributed by atoms with Gasteiger partial charge in [0.05, 0.1) is 5.41 Å². The summed E-state index contributed by atoms with van der Waals surface area (Å²) in [5, 5.41) is 3.59. The van der Waals surface area contributed by atoms with E-state index >= 15 is 0 Å². The molecule has 1 fully saturated rings. The van der Waals surface area contributed by atoms with E-state index in [-0.39, 0.29) is 23.7 Å². The van der Waals surface area contributed by atoms with Crippen molar-refractivity contribution >= 4 is 35.0 Å². The lowest BCUT2D eigenvalue weighted by atomic mass is 9.93. The zero-order valence-corrected chi connectivity index (χ0v) is 15.0. The number of piperidine rings is 1. The molecule has 2 amide bonds. The Balaban J connectivity index is 1.89. The van der Waals surface area contributed by atoms with Gasteiger partial charge in [0.25, 0.3) is 5.91 Å². The van der Waals surface area contributed by atoms with Gasteiger partial charge in [-0.3, -0.25) is 9.59 Å². The van der Waals surface area contributed by atoms with Crippen LogP contribution in [0, 0.1) is 5.41 Å². The van der Waals surface area contributed by atoms with Crippen LogP contribution in [0.4, 0.5) is 0 Å². The lowest BCUT2D eigenvalue weighted by Gasteiger charge is -2.34. The highest BCUT2D eigenvalue weighted by Gasteiger charge is 2.30. The number of benzene rings is 1. The van der Waals surface area contributed by atoms with E-state index in [0.717, 1.165) is 12.8 Å². The van der Waals surface area contributed by atoms with Crippen LogP contribution in [0.1, 0.15) is 37.0 Å². The highest BCUT2D eigenvalue weighted by atomic mass is 35.5. The van der Waals surface area contributed by atoms with E-state index in [1.807, 2.05) is 13.8 Å². The van der Waals surface area contributed by atoms with Gasteiger partial charge >= 0.3 is 0 Å². The van der Waals surface area contributed by atoms with Crippen LogP contribution < -0.4 is 5.32 Å². The third kappa shape index (κ3) is 4.61. The van der Waals surface area contributed by atoms with Gasteiger partial charge in [0.15, 0.2) is 0 Å². The first-order valence-corrected chi connectivity index (χ1v) is 8.66. The lowest BCUT2D eigenvalue weighted by molar-refractivity contribution is -0.129. The van der Waals surface area contributed by atoms with E-state index in [1.54, 1.807) is 29.2 Å². The van der Waals surface area contributed by atoms with Gasteiger partial charge < -0.3 is 10.2 Å². The van der Waals surface area contributed by atoms with Crippen LogP contribution >= 0.6 is 23.2 Å². The standard InChI is InChI=1S/C17H22Cl2N2O2/c1-17(2,11-18)16(23)20-14-6-8-21(9-7-14)15(22)12-4-3-5-13(19)10-12/h3-5,10,14H,6-9,11H2,1-2H3,(H,20,23). The number of nitrogens with one attached hydrogen (secondary N) is 1. The Bertz CT molecular complexity index is 582. The second-order valence-electron chi connectivity index (χ2n) is 6.57. The van der Waals surface area contributed by atoms with Crippen molar-refractivity contribution in [3.63, 3.8) is 0 Å². The molecular weight excluding hydrogens is 335 g/mol. The number of likely N-dealkylation sites (tertiary alicyclic amines) is 1. The number of nitrogens with zero attached hydrogens (tertiary/aromatic N) is 1. The van der Waals surface area contributed by atoms with Crippen molar-refractivity contribution in [3.05, 3.63) is 34.9 Å². The van der Waals surface area contributed by atoms with Crippen LogP contribution in [0.3, 0.4) is 0 Å². The van der Waals surface area contributed by atoms with Crippen molar-refractivity contribution in [1.29, 1.82) is 0 Å². The molecule has 0 bridgehead atoms. The summed E-state index contributed by atoms with van der Waals surface area (Å²) in [5.41, 5.74) is 0.0261. The highest BCUT2D eigenvalue weighted by Crippen LogP contribution is 2.20. The van der Waals surface area contributed by atoms with E-state index in [4.69, 9.17) is 23.2 Å². The average Bonchev–Trinajstić information content (AvgIpc) is 2.54. The van der Waals surface area contributed by atoms with Gasteiger partial charge in [-0.1, -0.05) is 17.7 Å². The first kappa shape index (κ1) is 18.1. The molecular formula is C17H22Cl2N2O2. The van der Waals surface area contributed by atoms with Gasteiger partial charge in [-0.15, -0.1) is 11.6 Å². The fourth-order valence-corrected chi connectivity index (χ4v) is 2.78. The van der Waals surface area contributed by atoms with Crippen LogP contribution in [0.25, 0.3) is 0 Å². The lowest BCUT2D eigenvalue weighted by Crippen LogP contribution is -2.49. The highest BCUT2D eigenvalue weighted by molar-refractivity contribution is 6.30. The number of amides is 2. The van der Waals surface area contributed by atoms with Crippen molar-refractivity contribution in [2.75, 3.05) is 19.0 Å². The molecule has 126 valence electrons. The van der Waals surface area contributed by atoms with Crippen molar-refractivity contribution in [1.82, 2.24) is 10.2 Å². The summed E-state index contributed by atoms with van der Waals surface area (Å²) in [4.78, 5) is 26.4. The zero-order valence-electron chi connectivity index (χ0n) is 13.4. The topological polar surface area (TPSA) is 49.4 Å². The van der Waals surface area contributed by atoms with E-state index in [9.17, 15) is 9.59 Å². The number of alkyl halides is 1. The van der Waals surface area contributed by atoms with Crippen LogP contribution in [0.15, 0.2) is 24.3 Å². The summed E-state index contributed by atoms with van der Waals surface area (Å²) in [6.45, 7) is 4.90. The minimum absolute atomic E-state index is 0.0154. The molecule has 1 aromatic carbocycles. The molecule has 1 aromatic rings. The number of halogens is 2. The molecule has 1 N–H and O–H groups in total. The monoisotopic (exact) mass is 356 g/mol. The van der Waals surface area contributed by atoms with Crippen molar-refractivity contribution in [2.45, 2.75) is 32.7 Å². The number of carbonyl (C=O) groups excluding carboxylic acids is 2. The molecule has 1 aliphatic heterocycles. The van der Waals surface area contributed by atoms with Crippen molar-refractivity contribution < 1.29 is 9.59 Å². The molecule has 0 atom stereocenters. The van der Waals surface area contributed by atoms with Gasteiger partial charge in [0.1, 0.15) is 0 Å². The van der Waals surface area contributed by atoms with Gasteiger partial charge in [-0.05, 0) is 44.9 Å². The molecule has 1 saturated heterocycles. The van der Waals surface area contributed by atoms with Crippen molar-refractivity contribution in [2.24, 2.45) is 5.41 Å². The van der Waals surface area contributed by atoms with Crippen LogP contribution in [-0.4, -0.2) is 41.7 Å². The van der Waals surface area contributed by atoms with E-state index in [1.165, 1.54) is 0 Å². The molecule has 2 rings (SSSR count). The fourth-order valence-electron chi connectivity index (χ4n) is 2.47. The molecule has 0 unspecified atom stereocenters. The number of carbonyl (C=O) groups is 2. The van der Waals surface area contributed by atoms with Crippen LogP contribution in [0.5, 0.6) is 0 Å². The summed E-state index contributed by atoms with van der Waals surface area (Å²) in [6.07, 6.45) is 1.49. The molecule has 0 aliphatic carbocycles.